The predicted octanol–water partition coefficient (Wildman–Crippen LogP) is 2.79. The highest BCUT2D eigenvalue weighted by Gasteiger charge is 2.25. The lowest BCUT2D eigenvalue weighted by Gasteiger charge is -2.35. The minimum Gasteiger partial charge on any atom is -0.466 e. The fourth-order valence-electron chi connectivity index (χ4n) is 3.30. The quantitative estimate of drug-likeness (QED) is 0.747. The molecule has 4 rings (SSSR count). The van der Waals surface area contributed by atoms with Crippen LogP contribution in [-0.4, -0.2) is 52.2 Å². The average molecular weight is 378 g/mol. The molecule has 0 spiro atoms. The fraction of sp³-hybridized carbons (Fsp3) is 0.300. The number of piperazine rings is 1. The first kappa shape index (κ1) is 18.0. The Balaban J connectivity index is 1.36. The van der Waals surface area contributed by atoms with Crippen molar-refractivity contribution in [3.63, 3.8) is 0 Å². The molecule has 0 atom stereocenters. The van der Waals surface area contributed by atoms with Gasteiger partial charge >= 0.3 is 0 Å². The summed E-state index contributed by atoms with van der Waals surface area (Å²) in [5.41, 5.74) is 1.56. The van der Waals surface area contributed by atoms with Crippen LogP contribution in [0.4, 0.5) is 17.3 Å². The van der Waals surface area contributed by atoms with E-state index in [2.05, 4.69) is 25.4 Å². The van der Waals surface area contributed by atoms with Gasteiger partial charge in [0.2, 0.25) is 0 Å². The van der Waals surface area contributed by atoms with Crippen LogP contribution in [0.5, 0.6) is 0 Å². The van der Waals surface area contributed by atoms with Crippen molar-refractivity contribution < 1.29 is 9.21 Å². The molecule has 0 bridgehead atoms. The lowest BCUT2D eigenvalue weighted by Crippen LogP contribution is -2.49. The molecule has 1 aliphatic heterocycles. The minimum absolute atomic E-state index is 0.0250. The zero-order valence-corrected chi connectivity index (χ0v) is 15.9. The molecule has 8 nitrogen and oxygen atoms in total. The zero-order chi connectivity index (χ0) is 19.5. The second-order valence-corrected chi connectivity index (χ2v) is 6.74. The number of carbonyl (C=O) groups is 1. The number of nitrogens with zero attached hydrogens (tertiary/aromatic N) is 5. The van der Waals surface area contributed by atoms with E-state index < -0.39 is 0 Å². The predicted molar refractivity (Wildman–Crippen MR) is 106 cm³/mol. The van der Waals surface area contributed by atoms with Crippen LogP contribution in [0, 0.1) is 13.8 Å². The number of furan rings is 1. The first-order valence-electron chi connectivity index (χ1n) is 9.22. The van der Waals surface area contributed by atoms with Crippen molar-refractivity contribution in [2.24, 2.45) is 0 Å². The highest BCUT2D eigenvalue weighted by atomic mass is 16.3. The van der Waals surface area contributed by atoms with Gasteiger partial charge in [0, 0.05) is 44.3 Å². The average Bonchev–Trinajstić information content (AvgIpc) is 3.07. The van der Waals surface area contributed by atoms with E-state index >= 15 is 0 Å². The molecule has 4 heterocycles. The van der Waals surface area contributed by atoms with Crippen molar-refractivity contribution >= 4 is 23.2 Å². The van der Waals surface area contributed by atoms with Gasteiger partial charge in [-0.2, -0.15) is 0 Å². The summed E-state index contributed by atoms with van der Waals surface area (Å²) >= 11 is 0. The molecule has 1 N–H and O–H groups in total. The summed E-state index contributed by atoms with van der Waals surface area (Å²) in [4.78, 5) is 20.7. The van der Waals surface area contributed by atoms with Crippen LogP contribution in [0.2, 0.25) is 0 Å². The Morgan fingerprint density at radius 3 is 2.39 bits per heavy atom. The maximum Gasteiger partial charge on any atom is 0.257 e. The summed E-state index contributed by atoms with van der Waals surface area (Å²) in [6.07, 6.45) is 3.44. The van der Waals surface area contributed by atoms with E-state index in [-0.39, 0.29) is 5.91 Å². The van der Waals surface area contributed by atoms with E-state index in [9.17, 15) is 4.79 Å². The molecular weight excluding hydrogens is 356 g/mol. The van der Waals surface area contributed by atoms with Crippen molar-refractivity contribution in [2.75, 3.05) is 36.4 Å². The summed E-state index contributed by atoms with van der Waals surface area (Å²) in [7, 11) is 0. The van der Waals surface area contributed by atoms with E-state index in [0.29, 0.717) is 43.3 Å². The molecule has 1 saturated heterocycles. The molecular formula is C20H22N6O2. The Kier molecular flexibility index (Phi) is 4.92. The number of aromatic nitrogens is 3. The van der Waals surface area contributed by atoms with Crippen LogP contribution in [0.1, 0.15) is 21.9 Å². The van der Waals surface area contributed by atoms with Crippen LogP contribution in [0.25, 0.3) is 0 Å². The van der Waals surface area contributed by atoms with Gasteiger partial charge in [0.1, 0.15) is 11.5 Å². The molecule has 0 saturated carbocycles. The van der Waals surface area contributed by atoms with Gasteiger partial charge in [-0.1, -0.05) is 0 Å². The molecule has 3 aromatic heterocycles. The molecule has 3 aromatic rings. The number of aryl methyl sites for hydroxylation is 2. The van der Waals surface area contributed by atoms with E-state index in [4.69, 9.17) is 4.42 Å². The Bertz CT molecular complexity index is 947. The Morgan fingerprint density at radius 1 is 1.04 bits per heavy atom. The summed E-state index contributed by atoms with van der Waals surface area (Å²) in [5.74, 6) is 2.94. The van der Waals surface area contributed by atoms with Gasteiger partial charge in [0.25, 0.3) is 5.91 Å². The Hall–Kier alpha value is -3.42. The summed E-state index contributed by atoms with van der Waals surface area (Å²) in [6.45, 7) is 6.39. The van der Waals surface area contributed by atoms with E-state index in [1.807, 2.05) is 49.1 Å². The molecule has 1 amide bonds. The maximum atomic E-state index is 12.7. The number of hydrogen-bond donors (Lipinski definition) is 1. The summed E-state index contributed by atoms with van der Waals surface area (Å²) in [5, 5.41) is 11.8. The number of hydrogen-bond acceptors (Lipinski definition) is 7. The molecule has 1 fully saturated rings. The van der Waals surface area contributed by atoms with Crippen LogP contribution in [0.15, 0.2) is 47.1 Å². The van der Waals surface area contributed by atoms with Gasteiger partial charge in [-0.25, -0.2) is 0 Å². The third kappa shape index (κ3) is 3.80. The molecule has 0 unspecified atom stereocenters. The SMILES string of the molecule is Cc1cc(C(=O)N2CCN(c3ccc(Nc4ccncc4)nn3)CC2)c(C)o1. The molecule has 144 valence electrons. The summed E-state index contributed by atoms with van der Waals surface area (Å²) < 4.78 is 5.49. The lowest BCUT2D eigenvalue weighted by atomic mass is 10.2. The number of nitrogens with one attached hydrogen (secondary N) is 1. The van der Waals surface area contributed by atoms with Crippen molar-refractivity contribution in [3.05, 3.63) is 59.8 Å². The van der Waals surface area contributed by atoms with Gasteiger partial charge in [0.15, 0.2) is 11.6 Å². The number of rotatable bonds is 4. The molecule has 1 aliphatic rings. The maximum absolute atomic E-state index is 12.7. The van der Waals surface area contributed by atoms with Gasteiger partial charge in [-0.05, 0) is 44.2 Å². The number of anilines is 3. The van der Waals surface area contributed by atoms with Crippen LogP contribution in [-0.2, 0) is 0 Å². The zero-order valence-electron chi connectivity index (χ0n) is 15.9. The molecule has 0 radical (unpaired) electrons. The van der Waals surface area contributed by atoms with Crippen molar-refractivity contribution in [1.82, 2.24) is 20.1 Å². The van der Waals surface area contributed by atoms with E-state index in [1.165, 1.54) is 0 Å². The third-order valence-corrected chi connectivity index (χ3v) is 4.77. The number of amides is 1. The normalized spacial score (nSPS) is 14.2. The van der Waals surface area contributed by atoms with E-state index in [1.54, 1.807) is 12.4 Å². The Morgan fingerprint density at radius 2 is 1.79 bits per heavy atom. The summed E-state index contributed by atoms with van der Waals surface area (Å²) in [6, 6.07) is 9.39. The minimum atomic E-state index is 0.0250. The molecule has 0 aliphatic carbocycles. The van der Waals surface area contributed by atoms with Gasteiger partial charge in [-0.15, -0.1) is 10.2 Å². The third-order valence-electron chi connectivity index (χ3n) is 4.77. The van der Waals surface area contributed by atoms with Crippen molar-refractivity contribution in [3.8, 4) is 0 Å². The highest BCUT2D eigenvalue weighted by Crippen LogP contribution is 2.20. The topological polar surface area (TPSA) is 87.4 Å². The molecule has 8 heteroatoms. The fourth-order valence-corrected chi connectivity index (χ4v) is 3.30. The second kappa shape index (κ2) is 7.67. The highest BCUT2D eigenvalue weighted by molar-refractivity contribution is 5.95. The van der Waals surface area contributed by atoms with Crippen LogP contribution < -0.4 is 10.2 Å². The van der Waals surface area contributed by atoms with Gasteiger partial charge < -0.3 is 19.5 Å². The van der Waals surface area contributed by atoms with Crippen LogP contribution >= 0.6 is 0 Å². The Labute approximate surface area is 163 Å². The first-order valence-corrected chi connectivity index (χ1v) is 9.22. The van der Waals surface area contributed by atoms with Crippen molar-refractivity contribution in [2.45, 2.75) is 13.8 Å². The van der Waals surface area contributed by atoms with Crippen molar-refractivity contribution in [1.29, 1.82) is 0 Å². The standard InChI is InChI=1S/C20H22N6O2/c1-14-13-17(15(2)28-14)20(27)26-11-9-25(10-12-26)19-4-3-18(23-24-19)22-16-5-7-21-8-6-16/h3-8,13H,9-12H2,1-2H3,(H,21,22,23). The van der Waals surface area contributed by atoms with Crippen LogP contribution in [0.3, 0.4) is 0 Å². The smallest absolute Gasteiger partial charge is 0.257 e. The lowest BCUT2D eigenvalue weighted by molar-refractivity contribution is 0.0744. The molecule has 28 heavy (non-hydrogen) atoms. The molecule has 0 aromatic carbocycles. The number of pyridine rings is 1. The van der Waals surface area contributed by atoms with Gasteiger partial charge in [0.05, 0.1) is 5.56 Å². The first-order chi connectivity index (χ1) is 13.6. The largest absolute Gasteiger partial charge is 0.466 e. The second-order valence-electron chi connectivity index (χ2n) is 6.74. The van der Waals surface area contributed by atoms with Gasteiger partial charge in [-0.3, -0.25) is 9.78 Å². The monoisotopic (exact) mass is 378 g/mol. The number of carbonyl (C=O) groups excluding carboxylic acids is 1. The van der Waals surface area contributed by atoms with E-state index in [0.717, 1.165) is 17.3 Å².